The maximum Gasteiger partial charge on any atom is 0.00582 e. The summed E-state index contributed by atoms with van der Waals surface area (Å²) in [5.41, 5.74) is 0. The first-order valence-corrected chi connectivity index (χ1v) is 6.13. The van der Waals surface area contributed by atoms with Gasteiger partial charge in [-0.1, -0.05) is 34.1 Å². The van der Waals surface area contributed by atoms with Crippen molar-refractivity contribution in [3.05, 3.63) is 0 Å². The Hall–Kier alpha value is 0.310. The van der Waals surface area contributed by atoms with E-state index in [1.807, 2.05) is 0 Å². The lowest BCUT2D eigenvalue weighted by molar-refractivity contribution is 0.613. The van der Waals surface area contributed by atoms with Crippen LogP contribution in [-0.2, 0) is 0 Å². The van der Waals surface area contributed by atoms with Gasteiger partial charge in [0.2, 0.25) is 0 Å². The molecule has 0 saturated heterocycles. The second-order valence-corrected chi connectivity index (χ2v) is 4.85. The molecule has 1 N–H and O–H groups in total. The second kappa shape index (κ2) is 7.93. The summed E-state index contributed by atoms with van der Waals surface area (Å²) >= 11 is 2.07. The van der Waals surface area contributed by atoms with Crippen LogP contribution in [0.1, 0.15) is 34.1 Å². The van der Waals surface area contributed by atoms with Crippen molar-refractivity contribution in [1.82, 2.24) is 5.32 Å². The van der Waals surface area contributed by atoms with Crippen molar-refractivity contribution in [3.8, 4) is 0 Å². The number of nitrogens with one attached hydrogen (secondary N) is 1. The van der Waals surface area contributed by atoms with E-state index in [-0.39, 0.29) is 0 Å². The summed E-state index contributed by atoms with van der Waals surface area (Å²) < 4.78 is 0. The van der Waals surface area contributed by atoms with Gasteiger partial charge < -0.3 is 5.32 Å². The van der Waals surface area contributed by atoms with Crippen LogP contribution in [0.2, 0.25) is 0 Å². The zero-order chi connectivity index (χ0) is 9.40. The molecule has 74 valence electrons. The van der Waals surface area contributed by atoms with Crippen LogP contribution in [0.15, 0.2) is 0 Å². The summed E-state index contributed by atoms with van der Waals surface area (Å²) in [6.07, 6.45) is 1.31. The molecule has 1 unspecified atom stereocenters. The van der Waals surface area contributed by atoms with Crippen molar-refractivity contribution >= 4 is 11.8 Å². The fraction of sp³-hybridized carbons (Fsp3) is 1.00. The van der Waals surface area contributed by atoms with Gasteiger partial charge in [0.25, 0.3) is 0 Å². The summed E-state index contributed by atoms with van der Waals surface area (Å²) in [6, 6.07) is 0.634. The van der Waals surface area contributed by atoms with E-state index in [1.54, 1.807) is 0 Å². The first-order valence-electron chi connectivity index (χ1n) is 4.98. The minimum absolute atomic E-state index is 0.634. The Morgan fingerprint density at radius 2 is 1.92 bits per heavy atom. The zero-order valence-corrected chi connectivity index (χ0v) is 9.71. The molecule has 0 amide bonds. The van der Waals surface area contributed by atoms with Gasteiger partial charge in [-0.2, -0.15) is 11.8 Å². The molecule has 0 aromatic rings. The highest BCUT2D eigenvalue weighted by Gasteiger charge is 1.98. The molecular formula is C10H23NS. The van der Waals surface area contributed by atoms with Crippen LogP contribution in [0, 0.1) is 5.92 Å². The van der Waals surface area contributed by atoms with Crippen molar-refractivity contribution in [1.29, 1.82) is 0 Å². The van der Waals surface area contributed by atoms with Crippen LogP contribution >= 0.6 is 11.8 Å². The standard InChI is InChI=1S/C10H23NS/c1-5-10(4)8-12-7-6-11-9(2)3/h9-11H,5-8H2,1-4H3. The number of rotatable bonds is 7. The van der Waals surface area contributed by atoms with Crippen molar-refractivity contribution in [2.75, 3.05) is 18.1 Å². The quantitative estimate of drug-likeness (QED) is 0.618. The molecule has 0 radical (unpaired) electrons. The van der Waals surface area contributed by atoms with E-state index in [0.717, 1.165) is 12.5 Å². The lowest BCUT2D eigenvalue weighted by Gasteiger charge is -2.09. The Bertz CT molecular complexity index is 93.8. The third-order valence-corrected chi connectivity index (χ3v) is 3.20. The van der Waals surface area contributed by atoms with E-state index in [9.17, 15) is 0 Å². The van der Waals surface area contributed by atoms with E-state index < -0.39 is 0 Å². The molecule has 0 rings (SSSR count). The van der Waals surface area contributed by atoms with Gasteiger partial charge >= 0.3 is 0 Å². The highest BCUT2D eigenvalue weighted by Crippen LogP contribution is 2.10. The lowest BCUT2D eigenvalue weighted by Crippen LogP contribution is -2.25. The second-order valence-electron chi connectivity index (χ2n) is 3.70. The molecule has 0 aromatic carbocycles. The summed E-state index contributed by atoms with van der Waals surface area (Å²) in [5, 5.41) is 3.42. The fourth-order valence-corrected chi connectivity index (χ4v) is 1.89. The van der Waals surface area contributed by atoms with Crippen LogP contribution in [-0.4, -0.2) is 24.1 Å². The molecule has 0 fully saturated rings. The fourth-order valence-electron chi connectivity index (χ4n) is 0.822. The molecule has 0 aliphatic rings. The van der Waals surface area contributed by atoms with Gasteiger partial charge in [-0.3, -0.25) is 0 Å². The van der Waals surface area contributed by atoms with Gasteiger partial charge in [-0.15, -0.1) is 0 Å². The maximum atomic E-state index is 3.42. The molecule has 2 heteroatoms. The highest BCUT2D eigenvalue weighted by molar-refractivity contribution is 7.99. The molecule has 0 heterocycles. The van der Waals surface area contributed by atoms with Crippen LogP contribution < -0.4 is 5.32 Å². The Morgan fingerprint density at radius 1 is 1.25 bits per heavy atom. The first kappa shape index (κ1) is 12.3. The topological polar surface area (TPSA) is 12.0 Å². The number of hydrogen-bond acceptors (Lipinski definition) is 2. The molecule has 1 nitrogen and oxygen atoms in total. The van der Waals surface area contributed by atoms with Crippen molar-refractivity contribution < 1.29 is 0 Å². The van der Waals surface area contributed by atoms with Gasteiger partial charge in [0.15, 0.2) is 0 Å². The van der Waals surface area contributed by atoms with Crippen LogP contribution in [0.25, 0.3) is 0 Å². The van der Waals surface area contributed by atoms with Crippen molar-refractivity contribution in [2.24, 2.45) is 5.92 Å². The highest BCUT2D eigenvalue weighted by atomic mass is 32.2. The van der Waals surface area contributed by atoms with Gasteiger partial charge in [0, 0.05) is 18.3 Å². The molecule has 0 aliphatic carbocycles. The molecule has 12 heavy (non-hydrogen) atoms. The van der Waals surface area contributed by atoms with E-state index in [0.29, 0.717) is 6.04 Å². The van der Waals surface area contributed by atoms with E-state index in [1.165, 1.54) is 17.9 Å². The summed E-state index contributed by atoms with van der Waals surface area (Å²) in [4.78, 5) is 0. The average molecular weight is 189 g/mol. The van der Waals surface area contributed by atoms with Crippen molar-refractivity contribution in [3.63, 3.8) is 0 Å². The Balaban J connectivity index is 3.00. The summed E-state index contributed by atoms with van der Waals surface area (Å²) in [6.45, 7) is 10.1. The van der Waals surface area contributed by atoms with E-state index in [4.69, 9.17) is 0 Å². The SMILES string of the molecule is CCC(C)CSCCNC(C)C. The largest absolute Gasteiger partial charge is 0.314 e. The Labute approximate surface area is 81.7 Å². The van der Waals surface area contributed by atoms with Gasteiger partial charge in [-0.25, -0.2) is 0 Å². The molecule has 0 aromatic heterocycles. The van der Waals surface area contributed by atoms with Gasteiger partial charge in [0.05, 0.1) is 0 Å². The lowest BCUT2D eigenvalue weighted by atomic mass is 10.2. The molecule has 0 aliphatic heterocycles. The molecule has 0 saturated carbocycles. The maximum absolute atomic E-state index is 3.42. The smallest absolute Gasteiger partial charge is 0.00582 e. The molecule has 0 bridgehead atoms. The predicted molar refractivity (Wildman–Crippen MR) is 59.9 cm³/mol. The van der Waals surface area contributed by atoms with Crippen LogP contribution in [0.5, 0.6) is 0 Å². The van der Waals surface area contributed by atoms with Gasteiger partial charge in [0.1, 0.15) is 0 Å². The Morgan fingerprint density at radius 3 is 2.42 bits per heavy atom. The number of hydrogen-bond donors (Lipinski definition) is 1. The minimum atomic E-state index is 0.634. The molecular weight excluding hydrogens is 166 g/mol. The van der Waals surface area contributed by atoms with E-state index in [2.05, 4.69) is 44.8 Å². The van der Waals surface area contributed by atoms with Crippen LogP contribution in [0.3, 0.4) is 0 Å². The number of thioether (sulfide) groups is 1. The van der Waals surface area contributed by atoms with E-state index >= 15 is 0 Å². The third-order valence-electron chi connectivity index (χ3n) is 1.90. The van der Waals surface area contributed by atoms with Crippen LogP contribution in [0.4, 0.5) is 0 Å². The monoisotopic (exact) mass is 189 g/mol. The summed E-state index contributed by atoms with van der Waals surface area (Å²) in [5.74, 6) is 3.45. The minimum Gasteiger partial charge on any atom is -0.314 e. The zero-order valence-electron chi connectivity index (χ0n) is 8.89. The average Bonchev–Trinajstić information content (AvgIpc) is 2.03. The summed E-state index contributed by atoms with van der Waals surface area (Å²) in [7, 11) is 0. The normalized spacial score (nSPS) is 13.8. The first-order chi connectivity index (χ1) is 5.66. The van der Waals surface area contributed by atoms with Crippen molar-refractivity contribution in [2.45, 2.75) is 40.2 Å². The predicted octanol–water partition coefficient (Wildman–Crippen LogP) is 2.76. The third kappa shape index (κ3) is 8.41. The van der Waals surface area contributed by atoms with Gasteiger partial charge in [-0.05, 0) is 11.7 Å². The molecule has 1 atom stereocenters. The Kier molecular flexibility index (Phi) is 8.14. The molecule has 0 spiro atoms.